The van der Waals surface area contributed by atoms with Crippen LogP contribution in [0, 0.1) is 17.6 Å². The molecule has 0 bridgehead atoms. The van der Waals surface area contributed by atoms with Crippen LogP contribution in [0.2, 0.25) is 0 Å². The number of rotatable bonds is 4. The fraction of sp³-hybridized carbons (Fsp3) is 0.450. The minimum absolute atomic E-state index is 0.0471. The Labute approximate surface area is 182 Å². The van der Waals surface area contributed by atoms with Crippen LogP contribution < -0.4 is 4.90 Å². The van der Waals surface area contributed by atoms with E-state index in [1.165, 1.54) is 4.90 Å². The van der Waals surface area contributed by atoms with Gasteiger partial charge in [-0.05, 0) is 24.1 Å². The molecule has 3 heterocycles. The zero-order valence-corrected chi connectivity index (χ0v) is 17.9. The average Bonchev–Trinajstić information content (AvgIpc) is 3.22. The van der Waals surface area contributed by atoms with Crippen molar-refractivity contribution in [3.8, 4) is 0 Å². The van der Waals surface area contributed by atoms with E-state index in [0.717, 1.165) is 41.9 Å². The number of carbonyl (C=O) groups excluding carboxylic acids is 1. The van der Waals surface area contributed by atoms with Crippen LogP contribution in [0.1, 0.15) is 24.4 Å². The third-order valence-corrected chi connectivity index (χ3v) is 6.64. The summed E-state index contributed by atoms with van der Waals surface area (Å²) in [5, 5.41) is 1.03. The van der Waals surface area contributed by atoms with E-state index >= 15 is 0 Å². The van der Waals surface area contributed by atoms with Gasteiger partial charge in [-0.25, -0.2) is 36.6 Å². The number of anilines is 1. The number of hydrogen-bond donors (Lipinski definition) is 0. The van der Waals surface area contributed by atoms with Gasteiger partial charge in [-0.2, -0.15) is 0 Å². The smallest absolute Gasteiger partial charge is 0.252 e. The van der Waals surface area contributed by atoms with Gasteiger partial charge in [0.25, 0.3) is 5.91 Å². The van der Waals surface area contributed by atoms with Crippen LogP contribution in [-0.4, -0.2) is 61.5 Å². The second-order valence-electron chi connectivity index (χ2n) is 7.85. The number of sulfone groups is 1. The van der Waals surface area contributed by atoms with E-state index in [4.69, 9.17) is 4.84 Å². The Bertz CT molecular complexity index is 1100. The fourth-order valence-electron chi connectivity index (χ4n) is 3.95. The van der Waals surface area contributed by atoms with E-state index in [-0.39, 0.29) is 42.5 Å². The van der Waals surface area contributed by atoms with Crippen molar-refractivity contribution in [3.05, 3.63) is 47.8 Å². The molecule has 32 heavy (non-hydrogen) atoms. The minimum atomic E-state index is -3.45. The van der Waals surface area contributed by atoms with Crippen molar-refractivity contribution in [2.75, 3.05) is 30.9 Å². The molecule has 2 aliphatic heterocycles. The normalized spacial score (nSPS) is 24.1. The van der Waals surface area contributed by atoms with Gasteiger partial charge in [-0.15, -0.1) is 0 Å². The Morgan fingerprint density at radius 1 is 1.12 bits per heavy atom. The SMILES string of the molecule is CS(=O)(=O)c1cnc(N2CC[C@H](C(=O)N3OCC[C@H]3c3cc(F)cc(F)c3)[C@H](F)C2)nc1. The van der Waals surface area contributed by atoms with Crippen molar-refractivity contribution in [1.82, 2.24) is 15.0 Å². The van der Waals surface area contributed by atoms with E-state index in [9.17, 15) is 26.4 Å². The van der Waals surface area contributed by atoms with Crippen molar-refractivity contribution in [1.29, 1.82) is 0 Å². The Balaban J connectivity index is 1.45. The number of carbonyl (C=O) groups is 1. The molecule has 8 nitrogen and oxygen atoms in total. The van der Waals surface area contributed by atoms with E-state index in [1.807, 2.05) is 0 Å². The first-order chi connectivity index (χ1) is 15.1. The summed E-state index contributed by atoms with van der Waals surface area (Å²) < 4.78 is 65.3. The van der Waals surface area contributed by atoms with Gasteiger partial charge < -0.3 is 4.90 Å². The maximum absolute atomic E-state index is 15.0. The Morgan fingerprint density at radius 3 is 2.38 bits per heavy atom. The highest BCUT2D eigenvalue weighted by molar-refractivity contribution is 7.90. The monoisotopic (exact) mass is 470 g/mol. The minimum Gasteiger partial charge on any atom is -0.338 e. The van der Waals surface area contributed by atoms with Crippen molar-refractivity contribution in [2.24, 2.45) is 5.92 Å². The highest BCUT2D eigenvalue weighted by Crippen LogP contribution is 2.35. The van der Waals surface area contributed by atoms with Gasteiger partial charge in [-0.1, -0.05) is 0 Å². The van der Waals surface area contributed by atoms with Crippen LogP contribution in [-0.2, 0) is 19.5 Å². The molecular weight excluding hydrogens is 449 g/mol. The lowest BCUT2D eigenvalue weighted by atomic mass is 9.93. The number of alkyl halides is 1. The van der Waals surface area contributed by atoms with Crippen LogP contribution in [0.25, 0.3) is 0 Å². The number of halogens is 3. The van der Waals surface area contributed by atoms with Gasteiger partial charge in [0.15, 0.2) is 9.84 Å². The quantitative estimate of drug-likeness (QED) is 0.677. The number of hydrogen-bond acceptors (Lipinski definition) is 7. The molecule has 0 aliphatic carbocycles. The summed E-state index contributed by atoms with van der Waals surface area (Å²) in [6, 6.07) is 2.30. The van der Waals surface area contributed by atoms with E-state index in [2.05, 4.69) is 9.97 Å². The van der Waals surface area contributed by atoms with Gasteiger partial charge in [0.1, 0.15) is 22.7 Å². The van der Waals surface area contributed by atoms with Crippen molar-refractivity contribution < 1.29 is 31.2 Å². The van der Waals surface area contributed by atoms with Crippen LogP contribution in [0.5, 0.6) is 0 Å². The van der Waals surface area contributed by atoms with Crippen LogP contribution in [0.3, 0.4) is 0 Å². The number of benzene rings is 1. The summed E-state index contributed by atoms with van der Waals surface area (Å²) in [5.41, 5.74) is 0.251. The molecule has 0 unspecified atom stereocenters. The highest BCUT2D eigenvalue weighted by atomic mass is 32.2. The lowest BCUT2D eigenvalue weighted by molar-refractivity contribution is -0.184. The molecule has 172 valence electrons. The van der Waals surface area contributed by atoms with Gasteiger partial charge in [0.2, 0.25) is 5.95 Å². The third-order valence-electron chi connectivity index (χ3n) is 5.58. The predicted molar refractivity (Wildman–Crippen MR) is 107 cm³/mol. The zero-order chi connectivity index (χ0) is 23.0. The predicted octanol–water partition coefficient (Wildman–Crippen LogP) is 2.23. The van der Waals surface area contributed by atoms with Crippen molar-refractivity contribution in [2.45, 2.75) is 30.0 Å². The highest BCUT2D eigenvalue weighted by Gasteiger charge is 2.42. The molecule has 0 N–H and O–H groups in total. The van der Waals surface area contributed by atoms with E-state index < -0.39 is 45.5 Å². The maximum Gasteiger partial charge on any atom is 0.252 e. The molecule has 0 spiro atoms. The summed E-state index contributed by atoms with van der Waals surface area (Å²) in [4.78, 5) is 27.9. The summed E-state index contributed by atoms with van der Waals surface area (Å²) in [6.07, 6.45) is 2.26. The molecule has 1 aromatic carbocycles. The first-order valence-electron chi connectivity index (χ1n) is 9.96. The molecule has 4 rings (SSSR count). The van der Waals surface area contributed by atoms with Gasteiger partial charge in [-0.3, -0.25) is 9.63 Å². The topological polar surface area (TPSA) is 92.7 Å². The van der Waals surface area contributed by atoms with Crippen molar-refractivity contribution in [3.63, 3.8) is 0 Å². The lowest BCUT2D eigenvalue weighted by Gasteiger charge is -2.36. The van der Waals surface area contributed by atoms with Gasteiger partial charge in [0.05, 0.1) is 37.5 Å². The lowest BCUT2D eigenvalue weighted by Crippen LogP contribution is -2.49. The molecule has 1 aromatic heterocycles. The van der Waals surface area contributed by atoms with Crippen LogP contribution in [0.15, 0.2) is 35.5 Å². The Morgan fingerprint density at radius 2 is 1.78 bits per heavy atom. The summed E-state index contributed by atoms with van der Waals surface area (Å²) >= 11 is 0. The molecule has 0 radical (unpaired) electrons. The van der Waals surface area contributed by atoms with Crippen LogP contribution in [0.4, 0.5) is 19.1 Å². The van der Waals surface area contributed by atoms with Gasteiger partial charge in [0, 0.05) is 25.3 Å². The first-order valence-corrected chi connectivity index (χ1v) is 11.9. The molecule has 2 aromatic rings. The number of hydroxylamine groups is 2. The Kier molecular flexibility index (Phi) is 6.08. The number of nitrogens with zero attached hydrogens (tertiary/aromatic N) is 4. The van der Waals surface area contributed by atoms with Gasteiger partial charge >= 0.3 is 0 Å². The number of aromatic nitrogens is 2. The zero-order valence-electron chi connectivity index (χ0n) is 17.1. The molecule has 2 aliphatic rings. The molecule has 1 amide bonds. The van der Waals surface area contributed by atoms with Crippen LogP contribution >= 0.6 is 0 Å². The number of amides is 1. The standard InChI is InChI=1S/C20H21F3N4O4S/c1-32(29,30)15-9-24-20(25-10-15)26-4-2-16(17(23)11-26)19(28)27-18(3-5-31-27)12-6-13(21)8-14(22)7-12/h6-10,16-18H,2-5,11H2,1H3/t16-,17+,18-/m0/s1. The summed E-state index contributed by atoms with van der Waals surface area (Å²) in [5.74, 6) is -2.95. The van der Waals surface area contributed by atoms with Crippen molar-refractivity contribution >= 4 is 21.7 Å². The molecule has 3 atom stereocenters. The molecule has 12 heteroatoms. The molecule has 2 saturated heterocycles. The third kappa shape index (κ3) is 4.56. The molecular formula is C20H21F3N4O4S. The molecule has 2 fully saturated rings. The fourth-order valence-corrected chi connectivity index (χ4v) is 4.44. The summed E-state index contributed by atoms with van der Waals surface area (Å²) in [7, 11) is -3.45. The Hall–Kier alpha value is -2.73. The second-order valence-corrected chi connectivity index (χ2v) is 9.87. The first kappa shape index (κ1) is 22.5. The van der Waals surface area contributed by atoms with E-state index in [0.29, 0.717) is 6.42 Å². The van der Waals surface area contributed by atoms with E-state index in [1.54, 1.807) is 0 Å². The average molecular weight is 470 g/mol. The second kappa shape index (κ2) is 8.66. The number of piperidine rings is 1. The summed E-state index contributed by atoms with van der Waals surface area (Å²) in [6.45, 7) is 0.273. The maximum atomic E-state index is 15.0. The molecule has 0 saturated carbocycles. The largest absolute Gasteiger partial charge is 0.338 e.